The zero-order valence-electron chi connectivity index (χ0n) is 16.3. The molecule has 3 unspecified atom stereocenters. The minimum atomic E-state index is 0. The largest absolute Gasteiger partial charge is 0.340 e. The topological polar surface area (TPSA) is 64.2 Å². The fourth-order valence-corrected chi connectivity index (χ4v) is 5.58. The number of halogens is 2. The molecule has 7 heteroatoms. The van der Waals surface area contributed by atoms with E-state index in [1.54, 1.807) is 0 Å². The van der Waals surface area contributed by atoms with Crippen LogP contribution in [0.1, 0.15) is 63.7 Å². The summed E-state index contributed by atoms with van der Waals surface area (Å²) in [6.07, 6.45) is 12.9. The van der Waals surface area contributed by atoms with Gasteiger partial charge in [-0.05, 0) is 50.4 Å². The van der Waals surface area contributed by atoms with Gasteiger partial charge in [-0.25, -0.2) is 4.98 Å². The van der Waals surface area contributed by atoms with Crippen LogP contribution in [-0.2, 0) is 11.2 Å². The number of amides is 1. The number of nitrogens with zero attached hydrogens (tertiary/aromatic N) is 3. The summed E-state index contributed by atoms with van der Waals surface area (Å²) in [7, 11) is 0. The molecule has 2 N–H and O–H groups in total. The molecule has 0 radical (unpaired) electrons. The molecule has 3 fully saturated rings. The molecule has 2 heterocycles. The normalized spacial score (nSPS) is 33.0. The van der Waals surface area contributed by atoms with Gasteiger partial charge < -0.3 is 15.2 Å². The molecular formula is C20H34Cl2N4O. The molecule has 2 aliphatic carbocycles. The van der Waals surface area contributed by atoms with Crippen LogP contribution in [0.5, 0.6) is 0 Å². The number of aryl methyl sites for hydroxylation is 1. The Hall–Kier alpha value is -0.780. The van der Waals surface area contributed by atoms with E-state index in [2.05, 4.69) is 27.6 Å². The fourth-order valence-electron chi connectivity index (χ4n) is 5.58. The molecule has 1 saturated heterocycles. The predicted molar refractivity (Wildman–Crippen MR) is 112 cm³/mol. The third kappa shape index (κ3) is 4.46. The first-order valence-electron chi connectivity index (χ1n) is 10.2. The summed E-state index contributed by atoms with van der Waals surface area (Å²) in [6.45, 7) is 3.91. The van der Waals surface area contributed by atoms with Crippen molar-refractivity contribution in [2.24, 2.45) is 23.5 Å². The second kappa shape index (κ2) is 9.62. The lowest BCUT2D eigenvalue weighted by molar-refractivity contribution is -0.140. The third-order valence-corrected chi connectivity index (χ3v) is 6.93. The van der Waals surface area contributed by atoms with Gasteiger partial charge in [-0.3, -0.25) is 4.79 Å². The Morgan fingerprint density at radius 3 is 2.56 bits per heavy atom. The van der Waals surface area contributed by atoms with E-state index in [0.717, 1.165) is 51.0 Å². The second-order valence-electron chi connectivity index (χ2n) is 8.38. The Morgan fingerprint density at radius 2 is 1.89 bits per heavy atom. The van der Waals surface area contributed by atoms with Crippen LogP contribution in [-0.4, -0.2) is 39.5 Å². The number of rotatable bonds is 3. The van der Waals surface area contributed by atoms with Gasteiger partial charge in [-0.15, -0.1) is 24.8 Å². The maximum Gasteiger partial charge on any atom is 0.225 e. The van der Waals surface area contributed by atoms with Gasteiger partial charge in [-0.1, -0.05) is 13.3 Å². The van der Waals surface area contributed by atoms with Gasteiger partial charge in [0.05, 0.1) is 6.04 Å². The quantitative estimate of drug-likeness (QED) is 0.817. The summed E-state index contributed by atoms with van der Waals surface area (Å²) in [6, 6.07) is 0.727. The van der Waals surface area contributed by atoms with E-state index < -0.39 is 0 Å². The molecule has 0 spiro atoms. The molecule has 1 aromatic rings. The average molecular weight is 417 g/mol. The van der Waals surface area contributed by atoms with Crippen LogP contribution >= 0.6 is 24.8 Å². The van der Waals surface area contributed by atoms with Crippen molar-refractivity contribution in [1.29, 1.82) is 0 Å². The maximum atomic E-state index is 13.2. The SMILES string of the molecule is CCc1nccn1C1CCCN(C(=O)C2CC3CCCC(C2)C3N)C1.Cl.Cl. The van der Waals surface area contributed by atoms with Crippen LogP contribution in [0.15, 0.2) is 12.4 Å². The highest BCUT2D eigenvalue weighted by atomic mass is 35.5. The van der Waals surface area contributed by atoms with Crippen molar-refractivity contribution in [1.82, 2.24) is 14.5 Å². The summed E-state index contributed by atoms with van der Waals surface area (Å²) < 4.78 is 2.30. The molecule has 5 nitrogen and oxygen atoms in total. The van der Waals surface area contributed by atoms with Crippen molar-refractivity contribution in [3.63, 3.8) is 0 Å². The van der Waals surface area contributed by atoms with E-state index >= 15 is 0 Å². The fraction of sp³-hybridized carbons (Fsp3) is 0.800. The Bertz CT molecular complexity index is 609. The van der Waals surface area contributed by atoms with E-state index in [-0.39, 0.29) is 30.7 Å². The summed E-state index contributed by atoms with van der Waals surface area (Å²) >= 11 is 0. The van der Waals surface area contributed by atoms with Gasteiger partial charge in [0.2, 0.25) is 5.91 Å². The molecule has 1 aromatic heterocycles. The Morgan fingerprint density at radius 1 is 1.19 bits per heavy atom. The average Bonchev–Trinajstić information content (AvgIpc) is 3.10. The first-order chi connectivity index (χ1) is 12.2. The molecule has 3 aliphatic rings. The number of nitrogens with two attached hydrogens (primary N) is 1. The molecule has 2 bridgehead atoms. The molecule has 0 aromatic carbocycles. The Labute approximate surface area is 175 Å². The molecule has 2 saturated carbocycles. The van der Waals surface area contributed by atoms with Crippen molar-refractivity contribution in [3.05, 3.63) is 18.2 Å². The van der Waals surface area contributed by atoms with Gasteiger partial charge in [0.25, 0.3) is 0 Å². The van der Waals surface area contributed by atoms with E-state index in [9.17, 15) is 4.79 Å². The monoisotopic (exact) mass is 416 g/mol. The first-order valence-corrected chi connectivity index (χ1v) is 10.2. The van der Waals surface area contributed by atoms with Crippen LogP contribution in [0.25, 0.3) is 0 Å². The Kier molecular flexibility index (Phi) is 8.02. The number of carbonyl (C=O) groups excluding carboxylic acids is 1. The van der Waals surface area contributed by atoms with Gasteiger partial charge in [0, 0.05) is 43.9 Å². The van der Waals surface area contributed by atoms with Crippen LogP contribution < -0.4 is 5.73 Å². The van der Waals surface area contributed by atoms with Crippen LogP contribution in [0.2, 0.25) is 0 Å². The highest BCUT2D eigenvalue weighted by Crippen LogP contribution is 2.42. The van der Waals surface area contributed by atoms with E-state index in [1.807, 2.05) is 6.20 Å². The Balaban J connectivity index is 0.00000131. The molecule has 4 rings (SSSR count). The highest BCUT2D eigenvalue weighted by Gasteiger charge is 2.42. The predicted octanol–water partition coefficient (Wildman–Crippen LogP) is 3.61. The lowest BCUT2D eigenvalue weighted by atomic mass is 9.65. The maximum absolute atomic E-state index is 13.2. The molecule has 27 heavy (non-hydrogen) atoms. The van der Waals surface area contributed by atoms with Crippen molar-refractivity contribution < 1.29 is 4.79 Å². The summed E-state index contributed by atoms with van der Waals surface area (Å²) in [4.78, 5) is 19.8. The third-order valence-electron chi connectivity index (χ3n) is 6.93. The molecule has 1 aliphatic heterocycles. The van der Waals surface area contributed by atoms with Crippen molar-refractivity contribution in [2.75, 3.05) is 13.1 Å². The number of carbonyl (C=O) groups is 1. The summed E-state index contributed by atoms with van der Waals surface area (Å²) in [5.41, 5.74) is 6.41. The number of likely N-dealkylation sites (tertiary alicyclic amines) is 1. The van der Waals surface area contributed by atoms with Gasteiger partial charge in [0.15, 0.2) is 0 Å². The van der Waals surface area contributed by atoms with Crippen LogP contribution in [0, 0.1) is 17.8 Å². The summed E-state index contributed by atoms with van der Waals surface area (Å²) in [5, 5.41) is 0. The van der Waals surface area contributed by atoms with Crippen molar-refractivity contribution in [3.8, 4) is 0 Å². The number of imidazole rings is 1. The van der Waals surface area contributed by atoms with Gasteiger partial charge in [-0.2, -0.15) is 0 Å². The van der Waals surface area contributed by atoms with Crippen molar-refractivity contribution in [2.45, 2.75) is 70.4 Å². The van der Waals surface area contributed by atoms with E-state index in [4.69, 9.17) is 5.73 Å². The number of piperidine rings is 1. The molecular weight excluding hydrogens is 383 g/mol. The lowest BCUT2D eigenvalue weighted by Crippen LogP contribution is -2.51. The molecule has 3 atom stereocenters. The number of hydrogen-bond acceptors (Lipinski definition) is 3. The molecule has 154 valence electrons. The van der Waals surface area contributed by atoms with E-state index in [0.29, 0.717) is 29.8 Å². The minimum absolute atomic E-state index is 0. The standard InChI is InChI=1S/C20H32N4O.2ClH/c1-2-18-22-8-10-24(18)17-7-4-9-23(13-17)20(25)16-11-14-5-3-6-15(12-16)19(14)21;;/h8,10,14-17,19H,2-7,9,11-13,21H2,1H3;2*1H. The van der Waals surface area contributed by atoms with Gasteiger partial charge >= 0.3 is 0 Å². The summed E-state index contributed by atoms with van der Waals surface area (Å²) in [5.74, 6) is 2.89. The van der Waals surface area contributed by atoms with Gasteiger partial charge in [0.1, 0.15) is 5.82 Å². The second-order valence-corrected chi connectivity index (χ2v) is 8.38. The van der Waals surface area contributed by atoms with Crippen LogP contribution in [0.4, 0.5) is 0 Å². The number of aromatic nitrogens is 2. The zero-order valence-corrected chi connectivity index (χ0v) is 17.9. The zero-order chi connectivity index (χ0) is 17.4. The van der Waals surface area contributed by atoms with Crippen molar-refractivity contribution >= 4 is 30.7 Å². The molecule has 1 amide bonds. The minimum Gasteiger partial charge on any atom is -0.340 e. The van der Waals surface area contributed by atoms with E-state index in [1.165, 1.54) is 19.3 Å². The highest BCUT2D eigenvalue weighted by molar-refractivity contribution is 5.85. The number of hydrogen-bond donors (Lipinski definition) is 1. The first kappa shape index (κ1) is 22.5. The lowest BCUT2D eigenvalue weighted by Gasteiger charge is -2.45. The van der Waals surface area contributed by atoms with Crippen LogP contribution in [0.3, 0.4) is 0 Å². The smallest absolute Gasteiger partial charge is 0.225 e. The number of fused-ring (bicyclic) bond motifs is 2.